The molecule has 134 valence electrons. The number of fused-ring (bicyclic) bond motifs is 1. The van der Waals surface area contributed by atoms with Crippen LogP contribution in [0.4, 0.5) is 0 Å². The number of nitrogens with one attached hydrogen (secondary N) is 1. The van der Waals surface area contributed by atoms with Crippen LogP contribution in [0.15, 0.2) is 6.33 Å². The molecule has 2 aromatic heterocycles. The first-order chi connectivity index (χ1) is 12.0. The Kier molecular flexibility index (Phi) is 5.22. The van der Waals surface area contributed by atoms with Gasteiger partial charge in [-0.3, -0.25) is 9.59 Å². The summed E-state index contributed by atoms with van der Waals surface area (Å²) in [5.74, 6) is -0.331. The predicted octanol–water partition coefficient (Wildman–Crippen LogP) is 0.122. The van der Waals surface area contributed by atoms with Gasteiger partial charge in [0.15, 0.2) is 6.61 Å². The van der Waals surface area contributed by atoms with Crippen LogP contribution in [0.2, 0.25) is 0 Å². The number of nitrogens with zero attached hydrogens (tertiary/aromatic N) is 4. The van der Waals surface area contributed by atoms with E-state index < -0.39 is 5.97 Å². The lowest BCUT2D eigenvalue weighted by Gasteiger charge is -2.12. The summed E-state index contributed by atoms with van der Waals surface area (Å²) in [6.45, 7) is 4.52. The Bertz CT molecular complexity index is 782. The van der Waals surface area contributed by atoms with Crippen LogP contribution >= 0.6 is 0 Å². The van der Waals surface area contributed by atoms with Gasteiger partial charge in [0.05, 0.1) is 12.5 Å². The largest absolute Gasteiger partial charge is 0.455 e. The van der Waals surface area contributed by atoms with E-state index in [0.29, 0.717) is 18.0 Å². The van der Waals surface area contributed by atoms with Crippen molar-refractivity contribution >= 4 is 17.7 Å². The van der Waals surface area contributed by atoms with E-state index in [-0.39, 0.29) is 25.0 Å². The van der Waals surface area contributed by atoms with Crippen LogP contribution in [-0.4, -0.2) is 57.3 Å². The molecule has 0 aromatic carbocycles. The molecule has 0 saturated carbocycles. The normalized spacial score (nSPS) is 17.0. The molecule has 0 aliphatic carbocycles. The Hall–Kier alpha value is -2.55. The predicted molar refractivity (Wildman–Crippen MR) is 86.9 cm³/mol. The summed E-state index contributed by atoms with van der Waals surface area (Å²) in [5, 5.41) is 6.79. The molecule has 1 saturated heterocycles. The van der Waals surface area contributed by atoms with Gasteiger partial charge in [0.25, 0.3) is 11.7 Å². The lowest BCUT2D eigenvalue weighted by atomic mass is 10.1. The van der Waals surface area contributed by atoms with Gasteiger partial charge in [0, 0.05) is 30.1 Å². The van der Waals surface area contributed by atoms with Crippen molar-refractivity contribution in [3.63, 3.8) is 0 Å². The van der Waals surface area contributed by atoms with E-state index in [0.717, 1.165) is 30.7 Å². The molecule has 3 rings (SSSR count). The van der Waals surface area contributed by atoms with Crippen molar-refractivity contribution in [3.05, 3.63) is 23.3 Å². The van der Waals surface area contributed by atoms with Gasteiger partial charge in [-0.2, -0.15) is 10.1 Å². The molecule has 9 nitrogen and oxygen atoms in total. The number of carbonyl (C=O) groups excluding carboxylic acids is 2. The fourth-order valence-electron chi connectivity index (χ4n) is 2.84. The van der Waals surface area contributed by atoms with Crippen molar-refractivity contribution in [2.45, 2.75) is 39.2 Å². The van der Waals surface area contributed by atoms with E-state index >= 15 is 0 Å². The second-order valence-corrected chi connectivity index (χ2v) is 6.01. The zero-order valence-corrected chi connectivity index (χ0v) is 14.3. The van der Waals surface area contributed by atoms with Gasteiger partial charge in [-0.15, -0.1) is 0 Å². The molecule has 9 heteroatoms. The van der Waals surface area contributed by atoms with Gasteiger partial charge in [0.2, 0.25) is 0 Å². The Morgan fingerprint density at radius 3 is 3.04 bits per heavy atom. The second kappa shape index (κ2) is 7.56. The molecular formula is C16H21N5O4. The average Bonchev–Trinajstić information content (AvgIpc) is 3.26. The SMILES string of the molecule is Cc1nc2ncnn2c(C)c1CC(=O)OCC(=O)NC[C@@H]1CCCO1. The minimum atomic E-state index is -0.486. The molecule has 1 fully saturated rings. The smallest absolute Gasteiger partial charge is 0.310 e. The molecule has 0 radical (unpaired) electrons. The summed E-state index contributed by atoms with van der Waals surface area (Å²) in [7, 11) is 0. The first-order valence-electron chi connectivity index (χ1n) is 8.24. The van der Waals surface area contributed by atoms with E-state index in [1.807, 2.05) is 6.92 Å². The van der Waals surface area contributed by atoms with Crippen molar-refractivity contribution in [2.75, 3.05) is 19.8 Å². The van der Waals surface area contributed by atoms with Crippen LogP contribution < -0.4 is 5.32 Å². The number of hydrogen-bond acceptors (Lipinski definition) is 7. The molecule has 1 atom stereocenters. The van der Waals surface area contributed by atoms with Crippen LogP contribution in [0.25, 0.3) is 5.78 Å². The standard InChI is InChI=1S/C16H21N5O4/c1-10-13(11(2)21-16(20-10)18-9-19-21)6-15(23)25-8-14(22)17-7-12-4-3-5-24-12/h9,12H,3-8H2,1-2H3,(H,17,22)/t12-/m0/s1. The Balaban J connectivity index is 1.51. The van der Waals surface area contributed by atoms with Gasteiger partial charge >= 0.3 is 5.97 Å². The van der Waals surface area contributed by atoms with Gasteiger partial charge in [0.1, 0.15) is 6.33 Å². The lowest BCUT2D eigenvalue weighted by Crippen LogP contribution is -2.35. The third-order valence-corrected chi connectivity index (χ3v) is 4.22. The Morgan fingerprint density at radius 1 is 1.44 bits per heavy atom. The highest BCUT2D eigenvalue weighted by atomic mass is 16.5. The van der Waals surface area contributed by atoms with E-state index in [1.165, 1.54) is 6.33 Å². The lowest BCUT2D eigenvalue weighted by molar-refractivity contribution is -0.148. The summed E-state index contributed by atoms with van der Waals surface area (Å²) in [6.07, 6.45) is 3.45. The third-order valence-electron chi connectivity index (χ3n) is 4.22. The zero-order valence-electron chi connectivity index (χ0n) is 14.3. The second-order valence-electron chi connectivity index (χ2n) is 6.01. The average molecular weight is 347 g/mol. The number of aromatic nitrogens is 4. The molecular weight excluding hydrogens is 326 g/mol. The number of hydrogen-bond donors (Lipinski definition) is 1. The summed E-state index contributed by atoms with van der Waals surface area (Å²) in [4.78, 5) is 32.1. The maximum atomic E-state index is 12.1. The van der Waals surface area contributed by atoms with Crippen molar-refractivity contribution < 1.29 is 19.1 Å². The number of aryl methyl sites for hydroxylation is 2. The highest BCUT2D eigenvalue weighted by Crippen LogP contribution is 2.14. The number of rotatable bonds is 6. The maximum absolute atomic E-state index is 12.1. The molecule has 1 aliphatic rings. The van der Waals surface area contributed by atoms with Crippen LogP contribution in [0.3, 0.4) is 0 Å². The van der Waals surface area contributed by atoms with Gasteiger partial charge in [-0.05, 0) is 26.7 Å². The molecule has 0 unspecified atom stereocenters. The van der Waals surface area contributed by atoms with Crippen LogP contribution in [0.1, 0.15) is 29.8 Å². The molecule has 1 amide bonds. The van der Waals surface area contributed by atoms with Crippen LogP contribution in [0.5, 0.6) is 0 Å². The number of ether oxygens (including phenoxy) is 2. The molecule has 0 spiro atoms. The molecule has 3 heterocycles. The summed E-state index contributed by atoms with van der Waals surface area (Å²) in [6, 6.07) is 0. The Labute approximate surface area is 144 Å². The van der Waals surface area contributed by atoms with E-state index in [9.17, 15) is 9.59 Å². The first-order valence-corrected chi connectivity index (χ1v) is 8.24. The Morgan fingerprint density at radius 2 is 2.28 bits per heavy atom. The van der Waals surface area contributed by atoms with Crippen LogP contribution in [0, 0.1) is 13.8 Å². The quantitative estimate of drug-likeness (QED) is 0.740. The maximum Gasteiger partial charge on any atom is 0.310 e. The van der Waals surface area contributed by atoms with Crippen molar-refractivity contribution in [1.82, 2.24) is 24.9 Å². The highest BCUT2D eigenvalue weighted by Gasteiger charge is 2.18. The van der Waals surface area contributed by atoms with E-state index in [1.54, 1.807) is 11.4 Å². The summed E-state index contributed by atoms with van der Waals surface area (Å²) >= 11 is 0. The highest BCUT2D eigenvalue weighted by molar-refractivity contribution is 5.81. The van der Waals surface area contributed by atoms with Gasteiger partial charge in [-0.1, -0.05) is 0 Å². The zero-order chi connectivity index (χ0) is 17.8. The number of carbonyl (C=O) groups is 2. The van der Waals surface area contributed by atoms with Crippen LogP contribution in [-0.2, 0) is 25.5 Å². The molecule has 1 aliphatic heterocycles. The van der Waals surface area contributed by atoms with Gasteiger partial charge < -0.3 is 14.8 Å². The van der Waals surface area contributed by atoms with Gasteiger partial charge in [-0.25, -0.2) is 9.50 Å². The molecule has 25 heavy (non-hydrogen) atoms. The molecule has 1 N–H and O–H groups in total. The van der Waals surface area contributed by atoms with E-state index in [2.05, 4.69) is 20.4 Å². The minimum Gasteiger partial charge on any atom is -0.455 e. The fraction of sp³-hybridized carbons (Fsp3) is 0.562. The first kappa shape index (κ1) is 17.3. The topological polar surface area (TPSA) is 108 Å². The van der Waals surface area contributed by atoms with Crippen molar-refractivity contribution in [1.29, 1.82) is 0 Å². The van der Waals surface area contributed by atoms with Crippen molar-refractivity contribution in [3.8, 4) is 0 Å². The molecule has 2 aromatic rings. The summed E-state index contributed by atoms with van der Waals surface area (Å²) in [5.41, 5.74) is 2.19. The third kappa shape index (κ3) is 4.11. The number of amides is 1. The minimum absolute atomic E-state index is 0.0273. The summed E-state index contributed by atoms with van der Waals surface area (Å²) < 4.78 is 12.1. The van der Waals surface area contributed by atoms with Crippen molar-refractivity contribution in [2.24, 2.45) is 0 Å². The fourth-order valence-corrected chi connectivity index (χ4v) is 2.84. The number of esters is 1. The molecule has 0 bridgehead atoms. The van der Waals surface area contributed by atoms with E-state index in [4.69, 9.17) is 9.47 Å². The monoisotopic (exact) mass is 347 g/mol.